The molecule has 0 saturated heterocycles. The molecule has 0 aliphatic carbocycles. The second-order valence-electron chi connectivity index (χ2n) is 3.62. The molecule has 0 radical (unpaired) electrons. The maximum absolute atomic E-state index is 8.38. The average Bonchev–Trinajstić information content (AvgIpc) is 2.56. The molecule has 0 amide bonds. The molecule has 0 bridgehead atoms. The Hall–Kier alpha value is -0.850. The van der Waals surface area contributed by atoms with E-state index in [-0.39, 0.29) is 5.41 Å². The third kappa shape index (κ3) is 2.83. The van der Waals surface area contributed by atoms with Gasteiger partial charge in [0.1, 0.15) is 0 Å². The van der Waals surface area contributed by atoms with Gasteiger partial charge in [0.15, 0.2) is 0 Å². The van der Waals surface area contributed by atoms with Gasteiger partial charge in [0.05, 0.1) is 12.6 Å². The van der Waals surface area contributed by atoms with Crippen LogP contribution in [0.15, 0.2) is 17.5 Å². The maximum atomic E-state index is 8.38. The molecule has 1 N–H and O–H groups in total. The van der Waals surface area contributed by atoms with E-state index in [4.69, 9.17) is 5.26 Å². The standard InChI is InChI=1S/C10H14N2S/c1-10(2,8-12-6-5-11)9-4-3-7-13-9/h3-4,7,12H,6,8H2,1-2H3. The highest BCUT2D eigenvalue weighted by Gasteiger charge is 2.20. The molecular weight excluding hydrogens is 180 g/mol. The molecule has 1 rings (SSSR count). The molecule has 1 heterocycles. The predicted octanol–water partition coefficient (Wildman–Crippen LogP) is 2.14. The zero-order chi connectivity index (χ0) is 9.73. The molecule has 0 aliphatic rings. The summed E-state index contributed by atoms with van der Waals surface area (Å²) < 4.78 is 0. The Labute approximate surface area is 83.2 Å². The van der Waals surface area contributed by atoms with Crippen molar-refractivity contribution in [1.82, 2.24) is 5.32 Å². The van der Waals surface area contributed by atoms with Crippen molar-refractivity contribution in [1.29, 1.82) is 5.26 Å². The van der Waals surface area contributed by atoms with Crippen LogP contribution in [0.3, 0.4) is 0 Å². The summed E-state index contributed by atoms with van der Waals surface area (Å²) >= 11 is 1.76. The van der Waals surface area contributed by atoms with Gasteiger partial charge in [-0.15, -0.1) is 11.3 Å². The van der Waals surface area contributed by atoms with E-state index in [0.29, 0.717) is 6.54 Å². The van der Waals surface area contributed by atoms with Gasteiger partial charge in [-0.05, 0) is 11.4 Å². The molecule has 2 nitrogen and oxygen atoms in total. The molecule has 0 atom stereocenters. The van der Waals surface area contributed by atoms with Crippen LogP contribution >= 0.6 is 11.3 Å². The Morgan fingerprint density at radius 3 is 2.92 bits per heavy atom. The average molecular weight is 194 g/mol. The molecule has 0 spiro atoms. The summed E-state index contributed by atoms with van der Waals surface area (Å²) in [7, 11) is 0. The lowest BCUT2D eigenvalue weighted by atomic mass is 9.91. The fraction of sp³-hybridized carbons (Fsp3) is 0.500. The van der Waals surface area contributed by atoms with E-state index in [2.05, 4.69) is 42.7 Å². The second kappa shape index (κ2) is 4.40. The topological polar surface area (TPSA) is 35.8 Å². The number of nitrogens with zero attached hydrogens (tertiary/aromatic N) is 1. The van der Waals surface area contributed by atoms with Gasteiger partial charge >= 0.3 is 0 Å². The molecule has 3 heteroatoms. The first-order valence-electron chi connectivity index (χ1n) is 4.28. The quantitative estimate of drug-likeness (QED) is 0.589. The molecular formula is C10H14N2S. The van der Waals surface area contributed by atoms with Gasteiger partial charge < -0.3 is 5.32 Å². The van der Waals surface area contributed by atoms with Crippen molar-refractivity contribution in [2.75, 3.05) is 13.1 Å². The van der Waals surface area contributed by atoms with Crippen molar-refractivity contribution in [2.45, 2.75) is 19.3 Å². The maximum Gasteiger partial charge on any atom is 0.0841 e. The minimum absolute atomic E-state index is 0.130. The van der Waals surface area contributed by atoms with E-state index in [0.717, 1.165) is 6.54 Å². The summed E-state index contributed by atoms with van der Waals surface area (Å²) in [6.45, 7) is 5.64. The Morgan fingerprint density at radius 1 is 1.62 bits per heavy atom. The number of thiophene rings is 1. The minimum atomic E-state index is 0.130. The van der Waals surface area contributed by atoms with Crippen LogP contribution in [0.4, 0.5) is 0 Å². The van der Waals surface area contributed by atoms with Crippen LogP contribution in [0.25, 0.3) is 0 Å². The summed E-state index contributed by atoms with van der Waals surface area (Å²) in [6.07, 6.45) is 0. The van der Waals surface area contributed by atoms with Crippen LogP contribution in [0, 0.1) is 11.3 Å². The lowest BCUT2D eigenvalue weighted by Crippen LogP contribution is -2.32. The molecule has 0 fully saturated rings. The van der Waals surface area contributed by atoms with Crippen molar-refractivity contribution in [3.05, 3.63) is 22.4 Å². The number of hydrogen-bond acceptors (Lipinski definition) is 3. The number of rotatable bonds is 4. The van der Waals surface area contributed by atoms with E-state index in [1.54, 1.807) is 11.3 Å². The predicted molar refractivity (Wildman–Crippen MR) is 55.8 cm³/mol. The number of nitrogens with one attached hydrogen (secondary N) is 1. The molecule has 0 saturated carbocycles. The van der Waals surface area contributed by atoms with Crippen LogP contribution in [-0.4, -0.2) is 13.1 Å². The molecule has 1 aromatic rings. The fourth-order valence-corrected chi connectivity index (χ4v) is 2.03. The first-order chi connectivity index (χ1) is 6.17. The van der Waals surface area contributed by atoms with Gasteiger partial charge in [0, 0.05) is 16.8 Å². The van der Waals surface area contributed by atoms with E-state index in [1.807, 2.05) is 0 Å². The van der Waals surface area contributed by atoms with Crippen LogP contribution in [0.5, 0.6) is 0 Å². The Morgan fingerprint density at radius 2 is 2.38 bits per heavy atom. The van der Waals surface area contributed by atoms with Gasteiger partial charge in [0.2, 0.25) is 0 Å². The van der Waals surface area contributed by atoms with Gasteiger partial charge in [-0.3, -0.25) is 0 Å². The highest BCUT2D eigenvalue weighted by molar-refractivity contribution is 7.10. The normalized spacial score (nSPS) is 11.2. The summed E-state index contributed by atoms with van der Waals surface area (Å²) in [5, 5.41) is 13.6. The summed E-state index contributed by atoms with van der Waals surface area (Å²) in [5.41, 5.74) is 0.130. The molecule has 70 valence electrons. The first-order valence-corrected chi connectivity index (χ1v) is 5.16. The van der Waals surface area contributed by atoms with Crippen molar-refractivity contribution in [3.63, 3.8) is 0 Å². The van der Waals surface area contributed by atoms with Crippen LogP contribution in [0.2, 0.25) is 0 Å². The Kier molecular flexibility index (Phi) is 3.47. The van der Waals surface area contributed by atoms with Crippen molar-refractivity contribution >= 4 is 11.3 Å². The lowest BCUT2D eigenvalue weighted by molar-refractivity contribution is 0.493. The van der Waals surface area contributed by atoms with Gasteiger partial charge in [-0.1, -0.05) is 19.9 Å². The van der Waals surface area contributed by atoms with E-state index < -0.39 is 0 Å². The number of nitriles is 1. The summed E-state index contributed by atoms with van der Waals surface area (Å²) in [6, 6.07) is 6.28. The first kappa shape index (κ1) is 10.2. The highest BCUT2D eigenvalue weighted by Crippen LogP contribution is 2.26. The fourth-order valence-electron chi connectivity index (χ4n) is 1.18. The molecule has 0 aliphatic heterocycles. The molecule has 13 heavy (non-hydrogen) atoms. The molecule has 0 aromatic carbocycles. The van der Waals surface area contributed by atoms with E-state index in [1.165, 1.54) is 4.88 Å². The third-order valence-corrected chi connectivity index (χ3v) is 3.20. The zero-order valence-electron chi connectivity index (χ0n) is 8.00. The largest absolute Gasteiger partial charge is 0.304 e. The van der Waals surface area contributed by atoms with E-state index in [9.17, 15) is 0 Å². The van der Waals surface area contributed by atoms with Crippen LogP contribution in [-0.2, 0) is 5.41 Å². The third-order valence-electron chi connectivity index (χ3n) is 1.96. The highest BCUT2D eigenvalue weighted by atomic mass is 32.1. The monoisotopic (exact) mass is 194 g/mol. The van der Waals surface area contributed by atoms with Gasteiger partial charge in [-0.25, -0.2) is 0 Å². The Balaban J connectivity index is 2.52. The van der Waals surface area contributed by atoms with Gasteiger partial charge in [-0.2, -0.15) is 5.26 Å². The molecule has 1 aromatic heterocycles. The zero-order valence-corrected chi connectivity index (χ0v) is 8.82. The van der Waals surface area contributed by atoms with Crippen molar-refractivity contribution in [3.8, 4) is 6.07 Å². The summed E-state index contributed by atoms with van der Waals surface area (Å²) in [4.78, 5) is 1.36. The van der Waals surface area contributed by atoms with Crippen molar-refractivity contribution < 1.29 is 0 Å². The second-order valence-corrected chi connectivity index (χ2v) is 4.57. The Bertz CT molecular complexity index is 282. The minimum Gasteiger partial charge on any atom is -0.304 e. The SMILES string of the molecule is CC(C)(CNCC#N)c1cccs1. The summed E-state index contributed by atoms with van der Waals surface area (Å²) in [5.74, 6) is 0. The van der Waals surface area contributed by atoms with E-state index >= 15 is 0 Å². The van der Waals surface area contributed by atoms with Crippen molar-refractivity contribution in [2.24, 2.45) is 0 Å². The molecule has 0 unspecified atom stereocenters. The van der Waals surface area contributed by atoms with Gasteiger partial charge in [0.25, 0.3) is 0 Å². The van der Waals surface area contributed by atoms with Crippen LogP contribution in [0.1, 0.15) is 18.7 Å². The smallest absolute Gasteiger partial charge is 0.0841 e. The number of hydrogen-bond donors (Lipinski definition) is 1. The van der Waals surface area contributed by atoms with Crippen LogP contribution < -0.4 is 5.32 Å². The lowest BCUT2D eigenvalue weighted by Gasteiger charge is -2.22.